The second-order valence-corrected chi connectivity index (χ2v) is 4.92. The summed E-state index contributed by atoms with van der Waals surface area (Å²) in [6.45, 7) is 0.570. The zero-order chi connectivity index (χ0) is 13.9. The maximum absolute atomic E-state index is 9.49. The summed E-state index contributed by atoms with van der Waals surface area (Å²) in [7, 11) is 1.64. The van der Waals surface area contributed by atoms with E-state index in [9.17, 15) is 5.11 Å². The molecule has 0 unspecified atom stereocenters. The van der Waals surface area contributed by atoms with Crippen LogP contribution in [-0.2, 0) is 6.42 Å². The SMILES string of the molecule is COc1ccc(Cc2noc([C@@H]3C[C@@H](O)CN3)n2)cc1. The van der Waals surface area contributed by atoms with E-state index in [1.807, 2.05) is 24.3 Å². The third-order valence-electron chi connectivity index (χ3n) is 3.41. The van der Waals surface area contributed by atoms with Gasteiger partial charge in [0.25, 0.3) is 0 Å². The van der Waals surface area contributed by atoms with Gasteiger partial charge in [-0.1, -0.05) is 17.3 Å². The first kappa shape index (κ1) is 13.1. The number of aromatic nitrogens is 2. The molecule has 1 aliphatic heterocycles. The number of nitrogens with one attached hydrogen (secondary N) is 1. The summed E-state index contributed by atoms with van der Waals surface area (Å²) in [6.07, 6.45) is 0.893. The van der Waals surface area contributed by atoms with E-state index in [2.05, 4.69) is 15.5 Å². The van der Waals surface area contributed by atoms with Crippen LogP contribution in [0.3, 0.4) is 0 Å². The fourth-order valence-electron chi connectivity index (χ4n) is 2.31. The van der Waals surface area contributed by atoms with E-state index in [0.29, 0.717) is 31.1 Å². The Bertz CT molecular complexity index is 567. The van der Waals surface area contributed by atoms with Crippen LogP contribution in [0.5, 0.6) is 5.75 Å². The lowest BCUT2D eigenvalue weighted by Crippen LogP contribution is -2.15. The molecule has 0 radical (unpaired) electrons. The number of rotatable bonds is 4. The molecule has 2 aromatic rings. The third-order valence-corrected chi connectivity index (χ3v) is 3.41. The van der Waals surface area contributed by atoms with Crippen molar-refractivity contribution in [2.45, 2.75) is 25.0 Å². The molecule has 6 heteroatoms. The quantitative estimate of drug-likeness (QED) is 0.868. The van der Waals surface area contributed by atoms with Crippen molar-refractivity contribution in [1.82, 2.24) is 15.5 Å². The van der Waals surface area contributed by atoms with Crippen LogP contribution in [0, 0.1) is 0 Å². The number of aliphatic hydroxyl groups is 1. The first-order valence-electron chi connectivity index (χ1n) is 6.61. The predicted molar refractivity (Wildman–Crippen MR) is 71.5 cm³/mol. The molecule has 0 spiro atoms. The highest BCUT2D eigenvalue weighted by Crippen LogP contribution is 2.22. The maximum Gasteiger partial charge on any atom is 0.243 e. The predicted octanol–water partition coefficient (Wildman–Crippen LogP) is 1.06. The Labute approximate surface area is 116 Å². The van der Waals surface area contributed by atoms with Crippen LogP contribution < -0.4 is 10.1 Å². The Morgan fingerprint density at radius 2 is 2.20 bits per heavy atom. The van der Waals surface area contributed by atoms with Gasteiger partial charge in [-0.15, -0.1) is 0 Å². The van der Waals surface area contributed by atoms with Crippen molar-refractivity contribution in [3.05, 3.63) is 41.5 Å². The van der Waals surface area contributed by atoms with E-state index in [0.717, 1.165) is 11.3 Å². The molecular formula is C14H17N3O3. The Balaban J connectivity index is 1.67. The second kappa shape index (κ2) is 5.60. The molecule has 3 rings (SSSR count). The number of β-amino-alcohol motifs (C(OH)–C–C–N with tert-alkyl or cyclic N) is 1. The lowest BCUT2D eigenvalue weighted by molar-refractivity contribution is 0.191. The van der Waals surface area contributed by atoms with Crippen molar-refractivity contribution in [2.24, 2.45) is 0 Å². The fraction of sp³-hybridized carbons (Fsp3) is 0.429. The minimum Gasteiger partial charge on any atom is -0.497 e. The number of benzene rings is 1. The van der Waals surface area contributed by atoms with Gasteiger partial charge in [0.05, 0.1) is 19.3 Å². The topological polar surface area (TPSA) is 80.4 Å². The van der Waals surface area contributed by atoms with Gasteiger partial charge in [0.1, 0.15) is 5.75 Å². The summed E-state index contributed by atoms with van der Waals surface area (Å²) < 4.78 is 10.4. The van der Waals surface area contributed by atoms with Crippen LogP contribution in [0.1, 0.15) is 29.7 Å². The van der Waals surface area contributed by atoms with Crippen molar-refractivity contribution in [1.29, 1.82) is 0 Å². The molecule has 2 N–H and O–H groups in total. The van der Waals surface area contributed by atoms with E-state index in [4.69, 9.17) is 9.26 Å². The molecule has 1 saturated heterocycles. The van der Waals surface area contributed by atoms with Gasteiger partial charge in [-0.2, -0.15) is 4.98 Å². The molecular weight excluding hydrogens is 258 g/mol. The number of aliphatic hydroxyl groups excluding tert-OH is 1. The first-order valence-corrected chi connectivity index (χ1v) is 6.61. The minimum atomic E-state index is -0.336. The lowest BCUT2D eigenvalue weighted by Gasteiger charge is -2.02. The van der Waals surface area contributed by atoms with Crippen molar-refractivity contribution < 1.29 is 14.4 Å². The first-order chi connectivity index (χ1) is 9.74. The molecule has 1 aromatic carbocycles. The number of ether oxygens (including phenoxy) is 1. The maximum atomic E-state index is 9.49. The highest BCUT2D eigenvalue weighted by molar-refractivity contribution is 5.28. The highest BCUT2D eigenvalue weighted by atomic mass is 16.5. The van der Waals surface area contributed by atoms with Crippen molar-refractivity contribution >= 4 is 0 Å². The Hall–Kier alpha value is -1.92. The van der Waals surface area contributed by atoms with Gasteiger partial charge >= 0.3 is 0 Å². The van der Waals surface area contributed by atoms with Gasteiger partial charge < -0.3 is 19.7 Å². The molecule has 106 valence electrons. The Kier molecular flexibility index (Phi) is 3.66. The number of nitrogens with zero attached hydrogens (tertiary/aromatic N) is 2. The highest BCUT2D eigenvalue weighted by Gasteiger charge is 2.27. The van der Waals surface area contributed by atoms with Gasteiger partial charge in [0.15, 0.2) is 5.82 Å². The second-order valence-electron chi connectivity index (χ2n) is 4.92. The molecule has 1 aliphatic rings. The average Bonchev–Trinajstić information content (AvgIpc) is 3.09. The zero-order valence-corrected chi connectivity index (χ0v) is 11.2. The normalized spacial score (nSPS) is 22.1. The molecule has 0 aliphatic carbocycles. The van der Waals surface area contributed by atoms with Crippen molar-refractivity contribution in [3.63, 3.8) is 0 Å². The van der Waals surface area contributed by atoms with Crippen molar-refractivity contribution in [2.75, 3.05) is 13.7 Å². The van der Waals surface area contributed by atoms with Crippen LogP contribution in [0.25, 0.3) is 0 Å². The summed E-state index contributed by atoms with van der Waals surface area (Å²) in [5.41, 5.74) is 1.09. The van der Waals surface area contributed by atoms with Crippen LogP contribution in [-0.4, -0.2) is 35.0 Å². The third kappa shape index (κ3) is 2.81. The molecule has 0 saturated carbocycles. The molecule has 1 aromatic heterocycles. The molecule has 6 nitrogen and oxygen atoms in total. The van der Waals surface area contributed by atoms with Crippen LogP contribution in [0.4, 0.5) is 0 Å². The van der Waals surface area contributed by atoms with E-state index < -0.39 is 0 Å². The summed E-state index contributed by atoms with van der Waals surface area (Å²) in [5, 5.41) is 16.6. The van der Waals surface area contributed by atoms with Crippen molar-refractivity contribution in [3.8, 4) is 5.75 Å². The molecule has 2 heterocycles. The van der Waals surface area contributed by atoms with Gasteiger partial charge in [0, 0.05) is 13.0 Å². The Morgan fingerprint density at radius 1 is 1.40 bits per heavy atom. The molecule has 2 atom stereocenters. The van der Waals surface area contributed by atoms with E-state index in [1.165, 1.54) is 0 Å². The van der Waals surface area contributed by atoms with Crippen LogP contribution in [0.15, 0.2) is 28.8 Å². The summed E-state index contributed by atoms with van der Waals surface area (Å²) in [5.74, 6) is 2.02. The average molecular weight is 275 g/mol. The molecule has 0 amide bonds. The number of methoxy groups -OCH3 is 1. The molecule has 0 bridgehead atoms. The smallest absolute Gasteiger partial charge is 0.243 e. The molecule has 1 fully saturated rings. The monoisotopic (exact) mass is 275 g/mol. The van der Waals surface area contributed by atoms with E-state index in [-0.39, 0.29) is 12.1 Å². The van der Waals surface area contributed by atoms with Crippen LogP contribution >= 0.6 is 0 Å². The van der Waals surface area contributed by atoms with Crippen LogP contribution in [0.2, 0.25) is 0 Å². The largest absolute Gasteiger partial charge is 0.497 e. The van der Waals surface area contributed by atoms with Gasteiger partial charge in [-0.05, 0) is 24.1 Å². The number of hydrogen-bond donors (Lipinski definition) is 2. The molecule has 20 heavy (non-hydrogen) atoms. The summed E-state index contributed by atoms with van der Waals surface area (Å²) in [6, 6.07) is 7.73. The van der Waals surface area contributed by atoms with E-state index in [1.54, 1.807) is 7.11 Å². The van der Waals surface area contributed by atoms with E-state index >= 15 is 0 Å². The minimum absolute atomic E-state index is 0.0397. The Morgan fingerprint density at radius 3 is 2.85 bits per heavy atom. The zero-order valence-electron chi connectivity index (χ0n) is 11.2. The summed E-state index contributed by atoms with van der Waals surface area (Å²) >= 11 is 0. The van der Waals surface area contributed by atoms with Gasteiger partial charge in [-0.25, -0.2) is 0 Å². The summed E-state index contributed by atoms with van der Waals surface area (Å²) in [4.78, 5) is 4.38. The standard InChI is InChI=1S/C14H17N3O3/c1-19-11-4-2-9(3-5-11)6-13-16-14(20-17-13)12-7-10(18)8-15-12/h2-5,10,12,15,18H,6-8H2,1H3/t10-,12+/m1/s1. The van der Waals surface area contributed by atoms with Gasteiger partial charge in [0.2, 0.25) is 5.89 Å². The number of hydrogen-bond acceptors (Lipinski definition) is 6. The van der Waals surface area contributed by atoms with Gasteiger partial charge in [-0.3, -0.25) is 0 Å². The lowest BCUT2D eigenvalue weighted by atomic mass is 10.1. The fourth-order valence-corrected chi connectivity index (χ4v) is 2.31.